The summed E-state index contributed by atoms with van der Waals surface area (Å²) in [5.41, 5.74) is 1.06. The Balaban J connectivity index is 1.81. The van der Waals surface area contributed by atoms with Crippen LogP contribution in [0.2, 0.25) is 0 Å². The summed E-state index contributed by atoms with van der Waals surface area (Å²) in [6.45, 7) is 4.55. The van der Waals surface area contributed by atoms with Crippen molar-refractivity contribution in [3.8, 4) is 10.6 Å². The Bertz CT molecular complexity index is 596. The first-order chi connectivity index (χ1) is 9.75. The van der Waals surface area contributed by atoms with Gasteiger partial charge in [0.15, 0.2) is 0 Å². The van der Waals surface area contributed by atoms with Crippen LogP contribution >= 0.6 is 11.3 Å². The molecule has 0 spiro atoms. The van der Waals surface area contributed by atoms with Gasteiger partial charge in [-0.05, 0) is 6.92 Å². The van der Waals surface area contributed by atoms with Crippen LogP contribution in [0.25, 0.3) is 10.6 Å². The number of piperazine rings is 1. The zero-order valence-corrected chi connectivity index (χ0v) is 12.2. The smallest absolute Gasteiger partial charge is 0.265 e. The summed E-state index contributed by atoms with van der Waals surface area (Å²) in [6, 6.07) is 10.2. The molecule has 1 atom stereocenters. The fraction of sp³-hybridized carbons (Fsp3) is 0.333. The molecule has 0 saturated carbocycles. The summed E-state index contributed by atoms with van der Waals surface area (Å²) in [5.74, 6) is 0.0960. The van der Waals surface area contributed by atoms with Gasteiger partial charge in [-0.2, -0.15) is 0 Å². The number of hydrogen-bond donors (Lipinski definition) is 1. The SMILES string of the molecule is CC1CNCCN1C(=O)c1cnc(-c2ccccc2)s1. The zero-order chi connectivity index (χ0) is 13.9. The summed E-state index contributed by atoms with van der Waals surface area (Å²) >= 11 is 1.47. The summed E-state index contributed by atoms with van der Waals surface area (Å²) in [4.78, 5) is 19.6. The van der Waals surface area contributed by atoms with Gasteiger partial charge in [0.1, 0.15) is 9.88 Å². The van der Waals surface area contributed by atoms with E-state index in [4.69, 9.17) is 0 Å². The van der Waals surface area contributed by atoms with E-state index in [2.05, 4.69) is 17.2 Å². The molecular weight excluding hydrogens is 270 g/mol. The fourth-order valence-electron chi connectivity index (χ4n) is 2.37. The molecular formula is C15H17N3OS. The van der Waals surface area contributed by atoms with Gasteiger partial charge in [-0.25, -0.2) is 4.98 Å². The minimum Gasteiger partial charge on any atom is -0.333 e. The molecule has 1 aromatic heterocycles. The van der Waals surface area contributed by atoms with Crippen LogP contribution in [0, 0.1) is 0 Å². The van der Waals surface area contributed by atoms with Crippen LogP contribution in [0.1, 0.15) is 16.6 Å². The molecule has 4 nitrogen and oxygen atoms in total. The number of thiazole rings is 1. The summed E-state index contributed by atoms with van der Waals surface area (Å²) in [5, 5.41) is 4.20. The maximum absolute atomic E-state index is 12.5. The first-order valence-electron chi connectivity index (χ1n) is 6.78. The van der Waals surface area contributed by atoms with Crippen LogP contribution in [0.5, 0.6) is 0 Å². The van der Waals surface area contributed by atoms with Crippen molar-refractivity contribution in [2.24, 2.45) is 0 Å². The number of aromatic nitrogens is 1. The van der Waals surface area contributed by atoms with E-state index in [1.165, 1.54) is 11.3 Å². The molecule has 2 heterocycles. The molecule has 20 heavy (non-hydrogen) atoms. The van der Waals surface area contributed by atoms with E-state index >= 15 is 0 Å². The molecule has 1 saturated heterocycles. The van der Waals surface area contributed by atoms with Gasteiger partial charge in [-0.3, -0.25) is 4.79 Å². The number of amides is 1. The fourth-order valence-corrected chi connectivity index (χ4v) is 3.25. The van der Waals surface area contributed by atoms with Crippen LogP contribution < -0.4 is 5.32 Å². The van der Waals surface area contributed by atoms with Gasteiger partial charge in [-0.15, -0.1) is 11.3 Å². The molecule has 2 aromatic rings. The van der Waals surface area contributed by atoms with Gasteiger partial charge in [0.05, 0.1) is 6.20 Å². The van der Waals surface area contributed by atoms with Crippen molar-refractivity contribution in [2.75, 3.05) is 19.6 Å². The third kappa shape index (κ3) is 2.59. The van der Waals surface area contributed by atoms with E-state index in [1.54, 1.807) is 6.20 Å². The Morgan fingerprint density at radius 3 is 2.95 bits per heavy atom. The van der Waals surface area contributed by atoms with Crippen LogP contribution in [-0.4, -0.2) is 41.5 Å². The Kier molecular flexibility index (Phi) is 3.80. The third-order valence-electron chi connectivity index (χ3n) is 3.50. The molecule has 5 heteroatoms. The summed E-state index contributed by atoms with van der Waals surface area (Å²) < 4.78 is 0. The summed E-state index contributed by atoms with van der Waals surface area (Å²) in [6.07, 6.45) is 1.70. The topological polar surface area (TPSA) is 45.2 Å². The zero-order valence-electron chi connectivity index (χ0n) is 11.4. The largest absolute Gasteiger partial charge is 0.333 e. The lowest BCUT2D eigenvalue weighted by atomic mass is 10.2. The minimum absolute atomic E-state index is 0.0960. The summed E-state index contributed by atoms with van der Waals surface area (Å²) in [7, 11) is 0. The van der Waals surface area contributed by atoms with Gasteiger partial charge >= 0.3 is 0 Å². The van der Waals surface area contributed by atoms with E-state index in [0.717, 1.165) is 35.1 Å². The lowest BCUT2D eigenvalue weighted by molar-refractivity contribution is 0.0660. The van der Waals surface area contributed by atoms with Gasteiger partial charge in [0, 0.05) is 31.2 Å². The highest BCUT2D eigenvalue weighted by Gasteiger charge is 2.25. The Labute approximate surface area is 122 Å². The molecule has 1 aliphatic heterocycles. The van der Waals surface area contributed by atoms with Crippen molar-refractivity contribution >= 4 is 17.2 Å². The average Bonchev–Trinajstić information content (AvgIpc) is 2.98. The number of nitrogens with zero attached hydrogens (tertiary/aromatic N) is 2. The second-order valence-corrected chi connectivity index (χ2v) is 5.98. The van der Waals surface area contributed by atoms with E-state index in [9.17, 15) is 4.79 Å². The normalized spacial score (nSPS) is 19.1. The maximum Gasteiger partial charge on any atom is 0.265 e. The number of hydrogen-bond acceptors (Lipinski definition) is 4. The van der Waals surface area contributed by atoms with E-state index in [1.807, 2.05) is 35.2 Å². The number of benzene rings is 1. The molecule has 0 radical (unpaired) electrons. The number of rotatable bonds is 2. The van der Waals surface area contributed by atoms with Crippen molar-refractivity contribution < 1.29 is 4.79 Å². The molecule has 1 unspecified atom stereocenters. The van der Waals surface area contributed by atoms with Crippen molar-refractivity contribution in [3.63, 3.8) is 0 Å². The molecule has 1 amide bonds. The Hall–Kier alpha value is -1.72. The Morgan fingerprint density at radius 2 is 2.20 bits per heavy atom. The van der Waals surface area contributed by atoms with Crippen molar-refractivity contribution in [1.29, 1.82) is 0 Å². The van der Waals surface area contributed by atoms with Gasteiger partial charge < -0.3 is 10.2 Å². The van der Waals surface area contributed by atoms with Crippen LogP contribution in [-0.2, 0) is 0 Å². The lowest BCUT2D eigenvalue weighted by Gasteiger charge is -2.33. The van der Waals surface area contributed by atoms with Crippen molar-refractivity contribution in [3.05, 3.63) is 41.4 Å². The first-order valence-corrected chi connectivity index (χ1v) is 7.60. The number of nitrogens with one attached hydrogen (secondary N) is 1. The van der Waals surface area contributed by atoms with Crippen LogP contribution in [0.15, 0.2) is 36.5 Å². The van der Waals surface area contributed by atoms with Crippen molar-refractivity contribution in [1.82, 2.24) is 15.2 Å². The molecule has 0 bridgehead atoms. The molecule has 1 aliphatic rings. The molecule has 104 valence electrons. The second kappa shape index (κ2) is 5.73. The highest BCUT2D eigenvalue weighted by atomic mass is 32.1. The van der Waals surface area contributed by atoms with E-state index in [0.29, 0.717) is 0 Å². The number of carbonyl (C=O) groups is 1. The van der Waals surface area contributed by atoms with Gasteiger partial charge in [-0.1, -0.05) is 30.3 Å². The predicted molar refractivity (Wildman–Crippen MR) is 80.9 cm³/mol. The molecule has 1 aromatic carbocycles. The van der Waals surface area contributed by atoms with Crippen molar-refractivity contribution in [2.45, 2.75) is 13.0 Å². The lowest BCUT2D eigenvalue weighted by Crippen LogP contribution is -2.52. The van der Waals surface area contributed by atoms with E-state index in [-0.39, 0.29) is 11.9 Å². The van der Waals surface area contributed by atoms with Crippen LogP contribution in [0.4, 0.5) is 0 Å². The first kappa shape index (κ1) is 13.3. The maximum atomic E-state index is 12.5. The van der Waals surface area contributed by atoms with Gasteiger partial charge in [0.2, 0.25) is 0 Å². The molecule has 1 fully saturated rings. The highest BCUT2D eigenvalue weighted by molar-refractivity contribution is 7.16. The minimum atomic E-state index is 0.0960. The molecule has 1 N–H and O–H groups in total. The monoisotopic (exact) mass is 287 g/mol. The molecule has 0 aliphatic carbocycles. The van der Waals surface area contributed by atoms with Crippen LogP contribution in [0.3, 0.4) is 0 Å². The predicted octanol–water partition coefficient (Wildman–Crippen LogP) is 2.24. The number of carbonyl (C=O) groups excluding carboxylic acids is 1. The third-order valence-corrected chi connectivity index (χ3v) is 4.53. The van der Waals surface area contributed by atoms with E-state index < -0.39 is 0 Å². The van der Waals surface area contributed by atoms with Gasteiger partial charge in [0.25, 0.3) is 5.91 Å². The second-order valence-electron chi connectivity index (χ2n) is 4.95. The standard InChI is InChI=1S/C15H17N3OS/c1-11-9-16-7-8-18(11)15(19)13-10-17-14(20-13)12-5-3-2-4-6-12/h2-6,10-11,16H,7-9H2,1H3. The average molecular weight is 287 g/mol. The highest BCUT2D eigenvalue weighted by Crippen LogP contribution is 2.26. The Morgan fingerprint density at radius 1 is 1.40 bits per heavy atom. The molecule has 3 rings (SSSR count). The quantitative estimate of drug-likeness (QED) is 0.921.